The van der Waals surface area contributed by atoms with E-state index in [2.05, 4.69) is 5.32 Å². The lowest BCUT2D eigenvalue weighted by atomic mass is 10.2. The van der Waals surface area contributed by atoms with Crippen molar-refractivity contribution in [3.05, 3.63) is 51.7 Å². The van der Waals surface area contributed by atoms with Gasteiger partial charge in [0.05, 0.1) is 15.6 Å². The van der Waals surface area contributed by atoms with Gasteiger partial charge in [-0.2, -0.15) is 0 Å². The van der Waals surface area contributed by atoms with Crippen molar-refractivity contribution in [2.75, 3.05) is 18.0 Å². The van der Waals surface area contributed by atoms with Crippen molar-refractivity contribution in [1.29, 1.82) is 0 Å². The lowest BCUT2D eigenvalue weighted by Gasteiger charge is -2.22. The number of nitrogens with zero attached hydrogens (tertiary/aromatic N) is 1. The van der Waals surface area contributed by atoms with E-state index in [1.807, 2.05) is 23.6 Å². The van der Waals surface area contributed by atoms with Gasteiger partial charge in [0.15, 0.2) is 0 Å². The molecule has 2 aromatic rings. The predicted octanol–water partition coefficient (Wildman–Crippen LogP) is 3.18. The second kappa shape index (κ2) is 7.24. The van der Waals surface area contributed by atoms with Gasteiger partial charge in [0.1, 0.15) is 0 Å². The molecular formula is C15H15ClN2O2S. The maximum Gasteiger partial charge on any atom is 0.261 e. The molecule has 0 radical (unpaired) electrons. The van der Waals surface area contributed by atoms with E-state index in [0.29, 0.717) is 28.7 Å². The molecule has 0 unspecified atom stereocenters. The quantitative estimate of drug-likeness (QED) is 0.919. The topological polar surface area (TPSA) is 49.4 Å². The van der Waals surface area contributed by atoms with Gasteiger partial charge in [0, 0.05) is 20.0 Å². The Balaban J connectivity index is 1.97. The normalized spacial score (nSPS) is 10.2. The zero-order valence-electron chi connectivity index (χ0n) is 11.5. The molecule has 1 N–H and O–H groups in total. The summed E-state index contributed by atoms with van der Waals surface area (Å²) in [6.45, 7) is 2.21. The first-order valence-corrected chi connectivity index (χ1v) is 7.69. The molecule has 1 aromatic heterocycles. The lowest BCUT2D eigenvalue weighted by Crippen LogP contribution is -2.37. The maximum absolute atomic E-state index is 11.8. The van der Waals surface area contributed by atoms with Crippen molar-refractivity contribution in [2.45, 2.75) is 6.92 Å². The van der Waals surface area contributed by atoms with Gasteiger partial charge in [0.25, 0.3) is 5.91 Å². The van der Waals surface area contributed by atoms with Crippen LogP contribution in [0, 0.1) is 0 Å². The van der Waals surface area contributed by atoms with Crippen LogP contribution in [0.3, 0.4) is 0 Å². The number of amides is 2. The average molecular weight is 323 g/mol. The third-order valence-electron chi connectivity index (χ3n) is 2.89. The zero-order valence-corrected chi connectivity index (χ0v) is 13.1. The molecule has 2 amide bonds. The smallest absolute Gasteiger partial charge is 0.261 e. The third-order valence-corrected chi connectivity index (χ3v) is 4.08. The van der Waals surface area contributed by atoms with Gasteiger partial charge in [0.2, 0.25) is 5.91 Å². The molecule has 6 heteroatoms. The molecule has 0 atom stereocenters. The molecule has 4 nitrogen and oxygen atoms in total. The van der Waals surface area contributed by atoms with Crippen molar-refractivity contribution in [3.63, 3.8) is 0 Å². The molecule has 21 heavy (non-hydrogen) atoms. The Kier molecular flexibility index (Phi) is 5.36. The molecule has 0 bridgehead atoms. The molecule has 0 fully saturated rings. The molecule has 0 aliphatic carbocycles. The van der Waals surface area contributed by atoms with E-state index in [-0.39, 0.29) is 11.8 Å². The van der Waals surface area contributed by atoms with Crippen molar-refractivity contribution in [2.24, 2.45) is 0 Å². The van der Waals surface area contributed by atoms with Crippen molar-refractivity contribution in [1.82, 2.24) is 5.32 Å². The van der Waals surface area contributed by atoms with Crippen LogP contribution in [-0.4, -0.2) is 24.9 Å². The van der Waals surface area contributed by atoms with Crippen LogP contribution in [0.1, 0.15) is 16.6 Å². The Morgan fingerprint density at radius 2 is 2.00 bits per heavy atom. The number of hydrogen-bond donors (Lipinski definition) is 1. The van der Waals surface area contributed by atoms with Crippen LogP contribution in [0.2, 0.25) is 5.02 Å². The standard InChI is InChI=1S/C15H15ClN2O2S/c1-11(19)18(13-6-3-2-5-12(13)16)9-8-17-15(20)14-7-4-10-21-14/h2-7,10H,8-9H2,1H3,(H,17,20). The number of halogens is 1. The molecule has 0 aliphatic heterocycles. The van der Waals surface area contributed by atoms with E-state index in [1.54, 1.807) is 23.1 Å². The number of para-hydroxylation sites is 1. The zero-order chi connectivity index (χ0) is 15.2. The molecule has 0 saturated carbocycles. The summed E-state index contributed by atoms with van der Waals surface area (Å²) in [4.78, 5) is 25.8. The van der Waals surface area contributed by atoms with Gasteiger partial charge in [-0.15, -0.1) is 11.3 Å². The first kappa shape index (κ1) is 15.5. The Morgan fingerprint density at radius 1 is 1.24 bits per heavy atom. The van der Waals surface area contributed by atoms with E-state index in [1.165, 1.54) is 18.3 Å². The van der Waals surface area contributed by atoms with Crippen LogP contribution in [0.5, 0.6) is 0 Å². The first-order chi connectivity index (χ1) is 10.1. The number of anilines is 1. The minimum Gasteiger partial charge on any atom is -0.350 e. The Bertz CT molecular complexity index is 628. The summed E-state index contributed by atoms with van der Waals surface area (Å²) in [6.07, 6.45) is 0. The summed E-state index contributed by atoms with van der Waals surface area (Å²) < 4.78 is 0. The molecule has 2 rings (SSSR count). The summed E-state index contributed by atoms with van der Waals surface area (Å²) >= 11 is 7.49. The summed E-state index contributed by atoms with van der Waals surface area (Å²) in [5.41, 5.74) is 0.650. The highest BCUT2D eigenvalue weighted by atomic mass is 35.5. The molecule has 1 heterocycles. The highest BCUT2D eigenvalue weighted by Gasteiger charge is 2.14. The maximum atomic E-state index is 11.8. The number of carbonyl (C=O) groups excluding carboxylic acids is 2. The van der Waals surface area contributed by atoms with Crippen molar-refractivity contribution in [3.8, 4) is 0 Å². The number of rotatable bonds is 5. The summed E-state index contributed by atoms with van der Waals surface area (Å²) in [6, 6.07) is 10.7. The Morgan fingerprint density at radius 3 is 2.62 bits per heavy atom. The minimum atomic E-state index is -0.132. The number of thiophene rings is 1. The van der Waals surface area contributed by atoms with Gasteiger partial charge >= 0.3 is 0 Å². The van der Waals surface area contributed by atoms with Crippen LogP contribution < -0.4 is 10.2 Å². The van der Waals surface area contributed by atoms with E-state index in [9.17, 15) is 9.59 Å². The molecule has 0 spiro atoms. The summed E-state index contributed by atoms with van der Waals surface area (Å²) in [5.74, 6) is -0.249. The van der Waals surface area contributed by atoms with E-state index in [4.69, 9.17) is 11.6 Å². The second-order valence-electron chi connectivity index (χ2n) is 4.36. The van der Waals surface area contributed by atoms with E-state index < -0.39 is 0 Å². The largest absolute Gasteiger partial charge is 0.350 e. The molecule has 0 aliphatic rings. The van der Waals surface area contributed by atoms with Gasteiger partial charge < -0.3 is 10.2 Å². The Labute approximate surface area is 132 Å². The van der Waals surface area contributed by atoms with Gasteiger partial charge in [-0.3, -0.25) is 9.59 Å². The minimum absolute atomic E-state index is 0.117. The van der Waals surface area contributed by atoms with Crippen LogP contribution in [0.4, 0.5) is 5.69 Å². The fourth-order valence-corrected chi connectivity index (χ4v) is 2.77. The summed E-state index contributed by atoms with van der Waals surface area (Å²) in [5, 5.41) is 5.15. The van der Waals surface area contributed by atoms with Gasteiger partial charge in [-0.05, 0) is 23.6 Å². The van der Waals surface area contributed by atoms with Crippen LogP contribution >= 0.6 is 22.9 Å². The number of hydrogen-bond acceptors (Lipinski definition) is 3. The number of nitrogens with one attached hydrogen (secondary N) is 1. The summed E-state index contributed by atoms with van der Waals surface area (Å²) in [7, 11) is 0. The van der Waals surface area contributed by atoms with E-state index in [0.717, 1.165) is 0 Å². The molecule has 1 aromatic carbocycles. The fraction of sp³-hybridized carbons (Fsp3) is 0.200. The monoisotopic (exact) mass is 322 g/mol. The molecular weight excluding hydrogens is 308 g/mol. The van der Waals surface area contributed by atoms with Crippen molar-refractivity contribution >= 4 is 40.4 Å². The second-order valence-corrected chi connectivity index (χ2v) is 5.71. The predicted molar refractivity (Wildman–Crippen MR) is 86.1 cm³/mol. The highest BCUT2D eigenvalue weighted by molar-refractivity contribution is 7.12. The third kappa shape index (κ3) is 4.06. The van der Waals surface area contributed by atoms with E-state index >= 15 is 0 Å². The molecule has 110 valence electrons. The number of carbonyl (C=O) groups is 2. The van der Waals surface area contributed by atoms with Crippen LogP contribution in [0.25, 0.3) is 0 Å². The van der Waals surface area contributed by atoms with Gasteiger partial charge in [-0.1, -0.05) is 29.8 Å². The SMILES string of the molecule is CC(=O)N(CCNC(=O)c1cccs1)c1ccccc1Cl. The fourth-order valence-electron chi connectivity index (χ4n) is 1.89. The Hall–Kier alpha value is -1.85. The van der Waals surface area contributed by atoms with Crippen molar-refractivity contribution < 1.29 is 9.59 Å². The molecule has 0 saturated heterocycles. The first-order valence-electron chi connectivity index (χ1n) is 6.44. The van der Waals surface area contributed by atoms with Crippen LogP contribution in [0.15, 0.2) is 41.8 Å². The lowest BCUT2D eigenvalue weighted by molar-refractivity contribution is -0.116. The highest BCUT2D eigenvalue weighted by Crippen LogP contribution is 2.24. The van der Waals surface area contributed by atoms with Crippen LogP contribution in [-0.2, 0) is 4.79 Å². The number of benzene rings is 1. The average Bonchev–Trinajstić information content (AvgIpc) is 2.98. The van der Waals surface area contributed by atoms with Gasteiger partial charge in [-0.25, -0.2) is 0 Å².